The fourth-order valence-electron chi connectivity index (χ4n) is 4.02. The van der Waals surface area contributed by atoms with E-state index in [1.54, 1.807) is 38.1 Å². The maximum absolute atomic E-state index is 12.8. The van der Waals surface area contributed by atoms with Crippen LogP contribution in [0.15, 0.2) is 24.3 Å². The number of carbonyl (C=O) groups excluding carboxylic acids is 1. The molecule has 130 valence electrons. The molecular formula is C20H18N4O2. The lowest BCUT2D eigenvalue weighted by Gasteiger charge is -2.47. The highest BCUT2D eigenvalue weighted by Gasteiger charge is 2.68. The molecule has 1 aromatic rings. The van der Waals surface area contributed by atoms with Crippen LogP contribution in [0.1, 0.15) is 31.7 Å². The van der Waals surface area contributed by atoms with Crippen molar-refractivity contribution >= 4 is 5.78 Å². The standard InChI is InChI=1S/C20H18N4O2/c1-13(2)18-17(25)8-16(14-4-6-15(26-3)7-5-14)19(9-21,10-22)20(18,11-23)12-24/h4-7,13,16,18H,8H2,1-3H3/t16-,18+/m0/s1. The number of nitriles is 4. The molecule has 1 fully saturated rings. The number of ketones is 1. The van der Waals surface area contributed by atoms with E-state index in [9.17, 15) is 25.8 Å². The first kappa shape index (κ1) is 19.0. The zero-order valence-electron chi connectivity index (χ0n) is 14.9. The Hall–Kier alpha value is -3.35. The molecule has 1 aromatic carbocycles. The van der Waals surface area contributed by atoms with Crippen LogP contribution < -0.4 is 4.74 Å². The summed E-state index contributed by atoms with van der Waals surface area (Å²) in [4.78, 5) is 12.8. The Labute approximate surface area is 152 Å². The molecular weight excluding hydrogens is 328 g/mol. The smallest absolute Gasteiger partial charge is 0.185 e. The second-order valence-corrected chi connectivity index (χ2v) is 6.78. The van der Waals surface area contributed by atoms with Crippen molar-refractivity contribution in [3.05, 3.63) is 29.8 Å². The maximum atomic E-state index is 12.8. The molecule has 0 aromatic heterocycles. The zero-order chi connectivity index (χ0) is 19.5. The number of carbonyl (C=O) groups is 1. The topological polar surface area (TPSA) is 121 Å². The Morgan fingerprint density at radius 1 is 1.00 bits per heavy atom. The Balaban J connectivity index is 2.77. The molecule has 0 amide bonds. The molecule has 2 atom stereocenters. The molecule has 0 N–H and O–H groups in total. The van der Waals surface area contributed by atoms with E-state index >= 15 is 0 Å². The number of nitrogens with zero attached hydrogens (tertiary/aromatic N) is 4. The second kappa shape index (κ2) is 6.87. The van der Waals surface area contributed by atoms with Crippen LogP contribution in [0.4, 0.5) is 0 Å². The van der Waals surface area contributed by atoms with Gasteiger partial charge in [0.1, 0.15) is 11.5 Å². The van der Waals surface area contributed by atoms with Gasteiger partial charge in [0, 0.05) is 12.3 Å². The minimum atomic E-state index is -2.04. The molecule has 6 nitrogen and oxygen atoms in total. The van der Waals surface area contributed by atoms with E-state index in [1.165, 1.54) is 7.11 Å². The van der Waals surface area contributed by atoms with Crippen molar-refractivity contribution in [3.8, 4) is 30.0 Å². The van der Waals surface area contributed by atoms with Crippen molar-refractivity contribution in [2.45, 2.75) is 26.2 Å². The number of hydrogen-bond donors (Lipinski definition) is 0. The van der Waals surface area contributed by atoms with Gasteiger partial charge < -0.3 is 4.74 Å². The fraction of sp³-hybridized carbons (Fsp3) is 0.450. The zero-order valence-corrected chi connectivity index (χ0v) is 14.9. The summed E-state index contributed by atoms with van der Waals surface area (Å²) in [6, 6.07) is 14.3. The molecule has 0 unspecified atom stereocenters. The third-order valence-electron chi connectivity index (χ3n) is 5.25. The van der Waals surface area contributed by atoms with Crippen molar-refractivity contribution < 1.29 is 9.53 Å². The summed E-state index contributed by atoms with van der Waals surface area (Å²) < 4.78 is 5.11. The van der Waals surface area contributed by atoms with Crippen LogP contribution in [0.25, 0.3) is 0 Å². The summed E-state index contributed by atoms with van der Waals surface area (Å²) in [6.07, 6.45) is -0.0681. The van der Waals surface area contributed by atoms with Gasteiger partial charge in [-0.25, -0.2) is 0 Å². The lowest BCUT2D eigenvalue weighted by molar-refractivity contribution is -0.133. The third kappa shape index (κ3) is 2.40. The number of benzene rings is 1. The Bertz CT molecular complexity index is 847. The number of hydrogen-bond acceptors (Lipinski definition) is 6. The van der Waals surface area contributed by atoms with Gasteiger partial charge in [-0.05, 0) is 23.6 Å². The largest absolute Gasteiger partial charge is 0.497 e. The van der Waals surface area contributed by atoms with Gasteiger partial charge in [-0.3, -0.25) is 4.79 Å². The van der Waals surface area contributed by atoms with E-state index in [0.717, 1.165) is 0 Å². The minimum absolute atomic E-state index is 0.0681. The lowest BCUT2D eigenvalue weighted by atomic mass is 9.46. The van der Waals surface area contributed by atoms with Crippen molar-refractivity contribution in [1.82, 2.24) is 0 Å². The number of ether oxygens (including phenoxy) is 1. The molecule has 0 radical (unpaired) electrons. The highest BCUT2D eigenvalue weighted by Crippen LogP contribution is 2.59. The molecule has 1 aliphatic rings. The number of Topliss-reactive ketones (excluding diaryl/α,β-unsaturated/α-hetero) is 1. The molecule has 0 heterocycles. The Morgan fingerprint density at radius 3 is 1.88 bits per heavy atom. The van der Waals surface area contributed by atoms with Gasteiger partial charge in [0.25, 0.3) is 0 Å². The van der Waals surface area contributed by atoms with E-state index in [0.29, 0.717) is 11.3 Å². The van der Waals surface area contributed by atoms with E-state index < -0.39 is 22.7 Å². The molecule has 1 saturated carbocycles. The predicted molar refractivity (Wildman–Crippen MR) is 91.0 cm³/mol. The summed E-state index contributed by atoms with van der Waals surface area (Å²) in [6.45, 7) is 3.44. The minimum Gasteiger partial charge on any atom is -0.497 e. The average Bonchev–Trinajstić information content (AvgIpc) is 2.66. The monoisotopic (exact) mass is 346 g/mol. The van der Waals surface area contributed by atoms with Crippen LogP contribution in [0.5, 0.6) is 5.75 Å². The van der Waals surface area contributed by atoms with Gasteiger partial charge >= 0.3 is 0 Å². The number of methoxy groups -OCH3 is 1. The van der Waals surface area contributed by atoms with Gasteiger partial charge in [-0.1, -0.05) is 26.0 Å². The highest BCUT2D eigenvalue weighted by molar-refractivity contribution is 5.87. The first-order valence-electron chi connectivity index (χ1n) is 8.19. The Kier molecular flexibility index (Phi) is 5.02. The highest BCUT2D eigenvalue weighted by atomic mass is 16.5. The van der Waals surface area contributed by atoms with E-state index in [-0.39, 0.29) is 18.1 Å². The van der Waals surface area contributed by atoms with Crippen molar-refractivity contribution in [2.24, 2.45) is 22.7 Å². The van der Waals surface area contributed by atoms with Crippen LogP contribution in [-0.4, -0.2) is 12.9 Å². The lowest BCUT2D eigenvalue weighted by Crippen LogP contribution is -2.56. The van der Waals surface area contributed by atoms with Crippen molar-refractivity contribution in [1.29, 1.82) is 21.0 Å². The summed E-state index contributed by atoms with van der Waals surface area (Å²) >= 11 is 0. The maximum Gasteiger partial charge on any atom is 0.185 e. The summed E-state index contributed by atoms with van der Waals surface area (Å²) in [5, 5.41) is 39.6. The summed E-state index contributed by atoms with van der Waals surface area (Å²) in [5.41, 5.74) is -3.43. The van der Waals surface area contributed by atoms with Crippen molar-refractivity contribution in [2.75, 3.05) is 7.11 Å². The first-order chi connectivity index (χ1) is 12.4. The van der Waals surface area contributed by atoms with Crippen LogP contribution >= 0.6 is 0 Å². The van der Waals surface area contributed by atoms with Gasteiger partial charge in [0.15, 0.2) is 10.8 Å². The predicted octanol–water partition coefficient (Wildman–Crippen LogP) is 3.09. The van der Waals surface area contributed by atoms with E-state index in [2.05, 4.69) is 0 Å². The molecule has 2 rings (SSSR count). The summed E-state index contributed by atoms with van der Waals surface area (Å²) in [7, 11) is 1.51. The van der Waals surface area contributed by atoms with Crippen LogP contribution in [0.3, 0.4) is 0 Å². The average molecular weight is 346 g/mol. The Morgan fingerprint density at radius 2 is 1.50 bits per heavy atom. The molecule has 26 heavy (non-hydrogen) atoms. The first-order valence-corrected chi connectivity index (χ1v) is 8.19. The van der Waals surface area contributed by atoms with Gasteiger partial charge in [0.05, 0.1) is 37.3 Å². The molecule has 0 saturated heterocycles. The van der Waals surface area contributed by atoms with Crippen molar-refractivity contribution in [3.63, 3.8) is 0 Å². The molecule has 6 heteroatoms. The van der Waals surface area contributed by atoms with Crippen LogP contribution in [-0.2, 0) is 4.79 Å². The van der Waals surface area contributed by atoms with Gasteiger partial charge in [0.2, 0.25) is 0 Å². The molecule has 0 bridgehead atoms. The fourth-order valence-corrected chi connectivity index (χ4v) is 4.02. The van der Waals surface area contributed by atoms with Crippen LogP contribution in [0, 0.1) is 68.0 Å². The van der Waals surface area contributed by atoms with Gasteiger partial charge in [-0.15, -0.1) is 0 Å². The third-order valence-corrected chi connectivity index (χ3v) is 5.25. The quantitative estimate of drug-likeness (QED) is 0.829. The molecule has 0 aliphatic heterocycles. The molecule has 0 spiro atoms. The number of rotatable bonds is 3. The van der Waals surface area contributed by atoms with E-state index in [1.807, 2.05) is 24.3 Å². The van der Waals surface area contributed by atoms with Crippen LogP contribution in [0.2, 0.25) is 0 Å². The van der Waals surface area contributed by atoms with Gasteiger partial charge in [-0.2, -0.15) is 21.0 Å². The second-order valence-electron chi connectivity index (χ2n) is 6.78. The SMILES string of the molecule is COc1ccc([C@@H]2CC(=O)[C@@H](C(C)C)C(C#N)(C#N)C2(C#N)C#N)cc1. The normalized spacial score (nSPS) is 23.2. The molecule has 1 aliphatic carbocycles. The summed E-state index contributed by atoms with van der Waals surface area (Å²) in [5.74, 6) is -1.90. The van der Waals surface area contributed by atoms with E-state index in [4.69, 9.17) is 4.74 Å².